The first kappa shape index (κ1) is 14.8. The number of likely N-dealkylation sites (tertiary alicyclic amines) is 1. The molecular weight excluding hydrogens is 250 g/mol. The second kappa shape index (κ2) is 6.25. The van der Waals surface area contributed by atoms with Crippen molar-refractivity contribution >= 4 is 11.7 Å². The number of amides is 1. The molecule has 0 saturated carbocycles. The maximum absolute atomic E-state index is 12.7. The van der Waals surface area contributed by atoms with Gasteiger partial charge in [0.1, 0.15) is 5.82 Å². The Labute approximate surface area is 121 Å². The number of rotatable bonds is 3. The molecule has 1 aromatic heterocycles. The van der Waals surface area contributed by atoms with Gasteiger partial charge in [0.2, 0.25) is 0 Å². The fourth-order valence-corrected chi connectivity index (χ4v) is 2.97. The van der Waals surface area contributed by atoms with Crippen LogP contribution in [0.5, 0.6) is 0 Å². The van der Waals surface area contributed by atoms with E-state index in [1.807, 2.05) is 30.9 Å². The average molecular weight is 275 g/mol. The van der Waals surface area contributed by atoms with Gasteiger partial charge in [0.25, 0.3) is 5.91 Å². The lowest BCUT2D eigenvalue weighted by molar-refractivity contribution is 0.0623. The Balaban J connectivity index is 2.20. The Morgan fingerprint density at radius 3 is 2.60 bits per heavy atom. The van der Waals surface area contributed by atoms with Crippen LogP contribution in [-0.4, -0.2) is 34.9 Å². The van der Waals surface area contributed by atoms with Crippen LogP contribution in [0.15, 0.2) is 18.3 Å². The summed E-state index contributed by atoms with van der Waals surface area (Å²) in [6, 6.07) is 3.95. The van der Waals surface area contributed by atoms with Crippen molar-refractivity contribution in [2.24, 2.45) is 11.8 Å². The summed E-state index contributed by atoms with van der Waals surface area (Å²) in [6.07, 6.45) is 2.93. The number of hydrogen-bond donors (Lipinski definition) is 1. The summed E-state index contributed by atoms with van der Waals surface area (Å²) in [7, 11) is 0. The first-order valence-electron chi connectivity index (χ1n) is 7.48. The molecule has 1 saturated heterocycles. The minimum Gasteiger partial charge on any atom is -0.367 e. The van der Waals surface area contributed by atoms with Crippen molar-refractivity contribution in [1.82, 2.24) is 9.88 Å². The van der Waals surface area contributed by atoms with E-state index in [-0.39, 0.29) is 11.9 Å². The number of piperidine rings is 1. The van der Waals surface area contributed by atoms with Crippen molar-refractivity contribution in [2.45, 2.75) is 40.2 Å². The molecule has 4 heteroatoms. The maximum atomic E-state index is 12.7. The lowest BCUT2D eigenvalue weighted by Crippen LogP contribution is -2.42. The van der Waals surface area contributed by atoms with Crippen LogP contribution in [0.3, 0.4) is 0 Å². The van der Waals surface area contributed by atoms with Crippen LogP contribution in [0.4, 0.5) is 5.82 Å². The van der Waals surface area contributed by atoms with E-state index in [1.54, 1.807) is 6.20 Å². The molecule has 0 spiro atoms. The van der Waals surface area contributed by atoms with Crippen molar-refractivity contribution in [3.63, 3.8) is 0 Å². The third kappa shape index (κ3) is 3.50. The quantitative estimate of drug-likeness (QED) is 0.922. The molecule has 2 heterocycles. The summed E-state index contributed by atoms with van der Waals surface area (Å²) >= 11 is 0. The number of pyridine rings is 1. The second-order valence-corrected chi connectivity index (χ2v) is 6.35. The van der Waals surface area contributed by atoms with Crippen LogP contribution < -0.4 is 5.32 Å². The van der Waals surface area contributed by atoms with Crippen molar-refractivity contribution in [3.05, 3.63) is 23.9 Å². The monoisotopic (exact) mass is 275 g/mol. The van der Waals surface area contributed by atoms with Crippen LogP contribution in [0.25, 0.3) is 0 Å². The molecule has 1 aliphatic heterocycles. The van der Waals surface area contributed by atoms with E-state index >= 15 is 0 Å². The number of nitrogens with zero attached hydrogens (tertiary/aromatic N) is 2. The lowest BCUT2D eigenvalue weighted by atomic mass is 9.91. The molecule has 1 aromatic rings. The van der Waals surface area contributed by atoms with Crippen molar-refractivity contribution < 1.29 is 4.79 Å². The predicted octanol–water partition coefficient (Wildman–Crippen LogP) is 3.02. The second-order valence-electron chi connectivity index (χ2n) is 6.35. The first-order chi connectivity index (χ1) is 9.47. The van der Waals surface area contributed by atoms with Gasteiger partial charge in [-0.15, -0.1) is 0 Å². The van der Waals surface area contributed by atoms with E-state index in [9.17, 15) is 4.79 Å². The Morgan fingerprint density at radius 1 is 1.35 bits per heavy atom. The van der Waals surface area contributed by atoms with Crippen molar-refractivity contribution in [1.29, 1.82) is 0 Å². The number of hydrogen-bond acceptors (Lipinski definition) is 3. The van der Waals surface area contributed by atoms with Crippen LogP contribution in [-0.2, 0) is 0 Å². The highest BCUT2D eigenvalue weighted by atomic mass is 16.2. The Hall–Kier alpha value is -1.58. The number of nitrogens with one attached hydrogen (secondary N) is 1. The van der Waals surface area contributed by atoms with Gasteiger partial charge in [0.05, 0.1) is 5.56 Å². The molecule has 2 atom stereocenters. The summed E-state index contributed by atoms with van der Waals surface area (Å²) in [6.45, 7) is 10.2. The minimum atomic E-state index is 0.0969. The van der Waals surface area contributed by atoms with Crippen molar-refractivity contribution in [2.75, 3.05) is 18.4 Å². The van der Waals surface area contributed by atoms with Gasteiger partial charge in [-0.2, -0.15) is 0 Å². The predicted molar refractivity (Wildman–Crippen MR) is 81.8 cm³/mol. The fourth-order valence-electron chi connectivity index (χ4n) is 2.97. The fraction of sp³-hybridized carbons (Fsp3) is 0.625. The molecule has 110 valence electrons. The Morgan fingerprint density at radius 2 is 2.00 bits per heavy atom. The van der Waals surface area contributed by atoms with Gasteiger partial charge in [-0.1, -0.05) is 13.8 Å². The number of anilines is 1. The van der Waals surface area contributed by atoms with Crippen LogP contribution >= 0.6 is 0 Å². The summed E-state index contributed by atoms with van der Waals surface area (Å²) in [5.74, 6) is 1.93. The zero-order chi connectivity index (χ0) is 14.7. The highest BCUT2D eigenvalue weighted by molar-refractivity contribution is 5.98. The van der Waals surface area contributed by atoms with Crippen LogP contribution in [0.2, 0.25) is 0 Å². The molecule has 0 aliphatic carbocycles. The van der Waals surface area contributed by atoms with E-state index in [1.165, 1.54) is 6.42 Å². The molecule has 1 N–H and O–H groups in total. The van der Waals surface area contributed by atoms with Gasteiger partial charge in [-0.3, -0.25) is 4.79 Å². The Bertz CT molecular complexity index is 463. The normalized spacial score (nSPS) is 22.9. The molecule has 1 fully saturated rings. The number of carbonyl (C=O) groups excluding carboxylic acids is 1. The van der Waals surface area contributed by atoms with Crippen LogP contribution in [0, 0.1) is 11.8 Å². The van der Waals surface area contributed by atoms with Gasteiger partial charge in [-0.25, -0.2) is 4.98 Å². The Kier molecular flexibility index (Phi) is 4.63. The molecular formula is C16H25N3O. The average Bonchev–Trinajstić information content (AvgIpc) is 2.36. The lowest BCUT2D eigenvalue weighted by Gasteiger charge is -2.35. The number of carbonyl (C=O) groups is 1. The standard InChI is InChI=1S/C16H25N3O/c1-11(2)18-15-14(6-5-7-17-15)16(20)19-9-12(3)8-13(4)10-19/h5-7,11-13H,8-10H2,1-4H3,(H,17,18). The van der Waals surface area contributed by atoms with Gasteiger partial charge in [0.15, 0.2) is 0 Å². The molecule has 1 aliphatic rings. The molecule has 1 amide bonds. The summed E-state index contributed by atoms with van der Waals surface area (Å²) in [5.41, 5.74) is 0.683. The van der Waals surface area contributed by atoms with E-state index in [0.29, 0.717) is 23.2 Å². The zero-order valence-corrected chi connectivity index (χ0v) is 12.9. The van der Waals surface area contributed by atoms with Crippen molar-refractivity contribution in [3.8, 4) is 0 Å². The largest absolute Gasteiger partial charge is 0.367 e. The molecule has 0 radical (unpaired) electrons. The summed E-state index contributed by atoms with van der Waals surface area (Å²) < 4.78 is 0. The molecule has 2 unspecified atom stereocenters. The molecule has 20 heavy (non-hydrogen) atoms. The topological polar surface area (TPSA) is 45.2 Å². The summed E-state index contributed by atoms with van der Waals surface area (Å²) in [5, 5.41) is 3.26. The molecule has 2 rings (SSSR count). The number of aromatic nitrogens is 1. The van der Waals surface area contributed by atoms with Gasteiger partial charge >= 0.3 is 0 Å². The summed E-state index contributed by atoms with van der Waals surface area (Å²) in [4.78, 5) is 19.0. The molecule has 0 bridgehead atoms. The zero-order valence-electron chi connectivity index (χ0n) is 12.9. The van der Waals surface area contributed by atoms with Gasteiger partial charge < -0.3 is 10.2 Å². The SMILES string of the molecule is CC1CC(C)CN(C(=O)c2cccnc2NC(C)C)C1. The minimum absolute atomic E-state index is 0.0969. The third-order valence-electron chi connectivity index (χ3n) is 3.62. The highest BCUT2D eigenvalue weighted by Crippen LogP contribution is 2.24. The van der Waals surface area contributed by atoms with Gasteiger partial charge in [0, 0.05) is 25.3 Å². The smallest absolute Gasteiger partial charge is 0.257 e. The molecule has 4 nitrogen and oxygen atoms in total. The molecule has 0 aromatic carbocycles. The van der Waals surface area contributed by atoms with E-state index < -0.39 is 0 Å². The maximum Gasteiger partial charge on any atom is 0.257 e. The third-order valence-corrected chi connectivity index (χ3v) is 3.62. The van der Waals surface area contributed by atoms with Crippen LogP contribution in [0.1, 0.15) is 44.5 Å². The van der Waals surface area contributed by atoms with E-state index in [2.05, 4.69) is 24.1 Å². The highest BCUT2D eigenvalue weighted by Gasteiger charge is 2.27. The van der Waals surface area contributed by atoms with E-state index in [0.717, 1.165) is 13.1 Å². The van der Waals surface area contributed by atoms with Gasteiger partial charge in [-0.05, 0) is 44.2 Å². The van der Waals surface area contributed by atoms with E-state index in [4.69, 9.17) is 0 Å². The first-order valence-corrected chi connectivity index (χ1v) is 7.48.